The van der Waals surface area contributed by atoms with E-state index in [1.54, 1.807) is 6.07 Å². The van der Waals surface area contributed by atoms with Gasteiger partial charge in [-0.2, -0.15) is 0 Å². The van der Waals surface area contributed by atoms with Crippen molar-refractivity contribution in [1.82, 2.24) is 0 Å². The van der Waals surface area contributed by atoms with Crippen molar-refractivity contribution >= 4 is 17.6 Å². The summed E-state index contributed by atoms with van der Waals surface area (Å²) in [5.74, 6) is -3.03. The van der Waals surface area contributed by atoms with Gasteiger partial charge in [0.2, 0.25) is 0 Å². The van der Waals surface area contributed by atoms with E-state index in [4.69, 9.17) is 0 Å². The van der Waals surface area contributed by atoms with Crippen LogP contribution in [0.5, 0.6) is 0 Å². The van der Waals surface area contributed by atoms with E-state index in [-0.39, 0.29) is 70.2 Å². The maximum absolute atomic E-state index is 10.9. The van der Waals surface area contributed by atoms with E-state index in [2.05, 4.69) is 0 Å². The van der Waals surface area contributed by atoms with Gasteiger partial charge in [0.15, 0.2) is 0 Å². The van der Waals surface area contributed by atoms with Crippen LogP contribution in [-0.4, -0.2) is 25.0 Å². The van der Waals surface area contributed by atoms with Crippen LogP contribution in [0.25, 0.3) is 0 Å². The second kappa shape index (κ2) is 9.80. The first-order valence-electron chi connectivity index (χ1n) is 5.32. The molecule has 0 amide bonds. The molecule has 19 heavy (non-hydrogen) atoms. The Hall–Kier alpha value is -0.0400. The molecule has 0 fully saturated rings. The van der Waals surface area contributed by atoms with Crippen LogP contribution < -0.4 is 74.2 Å². The molecule has 0 N–H and O–H groups in total. The minimum atomic E-state index is -1.52. The molecular weight excluding hydrogens is 268 g/mol. The van der Waals surface area contributed by atoms with Crippen molar-refractivity contribution in [3.63, 3.8) is 0 Å². The van der Waals surface area contributed by atoms with Gasteiger partial charge in [0.05, 0.1) is 11.9 Å². The first-order valence-corrected chi connectivity index (χ1v) is 5.32. The van der Waals surface area contributed by atoms with E-state index in [0.717, 1.165) is 0 Å². The zero-order chi connectivity index (χ0) is 13.0. The maximum Gasteiger partial charge on any atom is 1.00 e. The number of carboxylic acids is 2. The summed E-state index contributed by atoms with van der Waals surface area (Å²) < 4.78 is 0. The standard InChI is InChI=1S/C12H15NO4.2Na/c1-3-13(4-2)8-5-6-9(11(14)15)10(7-8)12(16)17;;/h5-7H,3-4H2,1-2H3,(H,14,15)(H,16,17);;/q;2*+1/p-2. The van der Waals surface area contributed by atoms with Gasteiger partial charge in [0, 0.05) is 29.9 Å². The van der Waals surface area contributed by atoms with Gasteiger partial charge in [-0.3, -0.25) is 0 Å². The van der Waals surface area contributed by atoms with Crippen molar-refractivity contribution in [2.24, 2.45) is 0 Å². The predicted molar refractivity (Wildman–Crippen MR) is 58.7 cm³/mol. The zero-order valence-corrected chi connectivity index (χ0v) is 15.7. The number of carboxylic acid groups (broad SMARTS) is 2. The molecule has 0 unspecified atom stereocenters. The molecule has 1 aromatic rings. The van der Waals surface area contributed by atoms with Crippen molar-refractivity contribution in [1.29, 1.82) is 0 Å². The van der Waals surface area contributed by atoms with Crippen molar-refractivity contribution in [2.45, 2.75) is 13.8 Å². The Bertz CT molecular complexity index is 447. The van der Waals surface area contributed by atoms with Crippen molar-refractivity contribution in [3.8, 4) is 0 Å². The third kappa shape index (κ3) is 5.45. The number of carbonyl (C=O) groups excluding carboxylic acids is 2. The minimum Gasteiger partial charge on any atom is -0.545 e. The summed E-state index contributed by atoms with van der Waals surface area (Å²) in [6.07, 6.45) is 0. The molecule has 0 radical (unpaired) electrons. The van der Waals surface area contributed by atoms with E-state index in [9.17, 15) is 19.8 Å². The zero-order valence-electron chi connectivity index (χ0n) is 11.7. The van der Waals surface area contributed by atoms with E-state index < -0.39 is 11.9 Å². The molecule has 0 aromatic heterocycles. The molecule has 1 aromatic carbocycles. The normalized spacial score (nSPS) is 8.95. The number of hydrogen-bond donors (Lipinski definition) is 0. The quantitative estimate of drug-likeness (QED) is 0.501. The summed E-state index contributed by atoms with van der Waals surface area (Å²) in [4.78, 5) is 23.5. The fourth-order valence-electron chi connectivity index (χ4n) is 1.66. The summed E-state index contributed by atoms with van der Waals surface area (Å²) in [6, 6.07) is 4.09. The summed E-state index contributed by atoms with van der Waals surface area (Å²) in [7, 11) is 0. The van der Waals surface area contributed by atoms with Crippen LogP contribution in [0.3, 0.4) is 0 Å². The molecule has 0 aliphatic carbocycles. The molecule has 0 aliphatic heterocycles. The van der Waals surface area contributed by atoms with Crippen LogP contribution in [-0.2, 0) is 0 Å². The average Bonchev–Trinajstić information content (AvgIpc) is 2.30. The summed E-state index contributed by atoms with van der Waals surface area (Å²) >= 11 is 0. The van der Waals surface area contributed by atoms with Gasteiger partial charge in [0.25, 0.3) is 0 Å². The van der Waals surface area contributed by atoms with Crippen LogP contribution in [0.4, 0.5) is 5.69 Å². The Kier molecular flexibility index (Phi) is 11.0. The van der Waals surface area contributed by atoms with Gasteiger partial charge < -0.3 is 24.7 Å². The van der Waals surface area contributed by atoms with Gasteiger partial charge in [-0.25, -0.2) is 0 Å². The molecule has 0 saturated heterocycles. The number of anilines is 1. The van der Waals surface area contributed by atoms with E-state index in [0.29, 0.717) is 18.8 Å². The molecule has 0 atom stereocenters. The molecule has 0 bridgehead atoms. The molecular formula is C12H13NNa2O4. The van der Waals surface area contributed by atoms with E-state index in [1.807, 2.05) is 18.7 Å². The summed E-state index contributed by atoms with van der Waals surface area (Å²) in [5, 5.41) is 21.6. The average molecular weight is 281 g/mol. The molecule has 1 rings (SSSR count). The van der Waals surface area contributed by atoms with Crippen molar-refractivity contribution in [2.75, 3.05) is 18.0 Å². The molecule has 0 aliphatic rings. The van der Waals surface area contributed by atoms with Crippen molar-refractivity contribution < 1.29 is 78.9 Å². The third-order valence-electron chi connectivity index (χ3n) is 2.57. The Morgan fingerprint density at radius 1 is 1.00 bits per heavy atom. The fourth-order valence-corrected chi connectivity index (χ4v) is 1.66. The molecule has 5 nitrogen and oxygen atoms in total. The number of nitrogens with zero attached hydrogens (tertiary/aromatic N) is 1. The Morgan fingerprint density at radius 3 is 1.84 bits per heavy atom. The maximum atomic E-state index is 10.9. The van der Waals surface area contributed by atoms with Gasteiger partial charge in [0.1, 0.15) is 0 Å². The van der Waals surface area contributed by atoms with Gasteiger partial charge >= 0.3 is 59.1 Å². The second-order valence-electron chi connectivity index (χ2n) is 3.48. The molecule has 0 heterocycles. The van der Waals surface area contributed by atoms with Crippen LogP contribution in [0.1, 0.15) is 34.6 Å². The predicted octanol–water partition coefficient (Wildman–Crippen LogP) is -6.73. The molecule has 0 spiro atoms. The Labute approximate surface area is 156 Å². The van der Waals surface area contributed by atoms with Crippen LogP contribution >= 0.6 is 0 Å². The van der Waals surface area contributed by atoms with Crippen LogP contribution in [0.15, 0.2) is 18.2 Å². The number of rotatable bonds is 5. The fraction of sp³-hybridized carbons (Fsp3) is 0.333. The SMILES string of the molecule is CCN(CC)c1ccc(C(=O)[O-])c(C(=O)[O-])c1.[Na+].[Na+]. The van der Waals surface area contributed by atoms with Crippen LogP contribution in [0, 0.1) is 0 Å². The summed E-state index contributed by atoms with van der Waals surface area (Å²) in [6.45, 7) is 5.25. The monoisotopic (exact) mass is 281 g/mol. The van der Waals surface area contributed by atoms with Crippen LogP contribution in [0.2, 0.25) is 0 Å². The number of hydrogen-bond acceptors (Lipinski definition) is 5. The largest absolute Gasteiger partial charge is 1.00 e. The number of benzene rings is 1. The first kappa shape index (κ1) is 21.3. The van der Waals surface area contributed by atoms with Gasteiger partial charge in [-0.05, 0) is 26.0 Å². The molecule has 92 valence electrons. The number of carbonyl (C=O) groups is 2. The third-order valence-corrected chi connectivity index (χ3v) is 2.57. The topological polar surface area (TPSA) is 83.5 Å². The summed E-state index contributed by atoms with van der Waals surface area (Å²) in [5.41, 5.74) is -0.0606. The molecule has 0 saturated carbocycles. The second-order valence-corrected chi connectivity index (χ2v) is 3.48. The Morgan fingerprint density at radius 2 is 1.47 bits per heavy atom. The molecule has 7 heteroatoms. The van der Waals surface area contributed by atoms with E-state index >= 15 is 0 Å². The minimum absolute atomic E-state index is 0. The first-order chi connectivity index (χ1) is 8.01. The van der Waals surface area contributed by atoms with Gasteiger partial charge in [-0.1, -0.05) is 6.07 Å². The van der Waals surface area contributed by atoms with E-state index in [1.165, 1.54) is 12.1 Å². The number of aromatic carboxylic acids is 2. The Balaban J connectivity index is 0. The smallest absolute Gasteiger partial charge is 0.545 e. The van der Waals surface area contributed by atoms with Crippen molar-refractivity contribution in [3.05, 3.63) is 29.3 Å². The van der Waals surface area contributed by atoms with Gasteiger partial charge in [-0.15, -0.1) is 0 Å².